The van der Waals surface area contributed by atoms with Gasteiger partial charge >= 0.3 is 0 Å². The van der Waals surface area contributed by atoms with Crippen LogP contribution in [0.3, 0.4) is 0 Å². The van der Waals surface area contributed by atoms with Crippen LogP contribution in [-0.4, -0.2) is 56.6 Å². The van der Waals surface area contributed by atoms with E-state index in [0.717, 1.165) is 26.2 Å². The van der Waals surface area contributed by atoms with Gasteiger partial charge in [0.25, 0.3) is 11.8 Å². The Morgan fingerprint density at radius 2 is 2.16 bits per heavy atom. The molecule has 2 amide bonds. The Morgan fingerprint density at radius 3 is 2.79 bits per heavy atom. The Morgan fingerprint density at radius 1 is 1.42 bits per heavy atom. The quantitative estimate of drug-likeness (QED) is 0.582. The van der Waals surface area contributed by atoms with Crippen molar-refractivity contribution in [2.24, 2.45) is 0 Å². The van der Waals surface area contributed by atoms with Crippen molar-refractivity contribution >= 4 is 11.8 Å². The molecule has 2 heterocycles. The minimum absolute atomic E-state index is 0.0568. The standard InChI is InChI=1S/C12H18N4O3/c1-15-4-6-16(7-5-15)14-11(17)9-13-12(18)10-3-2-8-19-10/h2-3,8H,4-7,9H2,1H3,(H,13,18)(H,14,17)/p+1. The molecule has 1 aliphatic heterocycles. The fraction of sp³-hybridized carbons (Fsp3) is 0.500. The number of amides is 2. The summed E-state index contributed by atoms with van der Waals surface area (Å²) < 4.78 is 4.93. The fourth-order valence-corrected chi connectivity index (χ4v) is 1.87. The molecule has 0 unspecified atom stereocenters. The number of hydrogen-bond donors (Lipinski definition) is 3. The van der Waals surface area contributed by atoms with Gasteiger partial charge in [-0.05, 0) is 12.1 Å². The summed E-state index contributed by atoms with van der Waals surface area (Å²) in [5.74, 6) is -0.404. The highest BCUT2D eigenvalue weighted by molar-refractivity contribution is 5.94. The van der Waals surface area contributed by atoms with Crippen molar-refractivity contribution in [2.45, 2.75) is 0 Å². The number of rotatable bonds is 4. The third kappa shape index (κ3) is 4.08. The van der Waals surface area contributed by atoms with Crippen LogP contribution < -0.4 is 15.6 Å². The minimum atomic E-state index is -0.386. The van der Waals surface area contributed by atoms with E-state index < -0.39 is 0 Å². The van der Waals surface area contributed by atoms with E-state index in [1.807, 2.05) is 5.01 Å². The summed E-state index contributed by atoms with van der Waals surface area (Å²) in [7, 11) is 2.13. The molecule has 1 aliphatic rings. The molecule has 104 valence electrons. The van der Waals surface area contributed by atoms with E-state index in [4.69, 9.17) is 4.42 Å². The van der Waals surface area contributed by atoms with E-state index in [9.17, 15) is 9.59 Å². The van der Waals surface area contributed by atoms with Gasteiger partial charge in [0.1, 0.15) is 0 Å². The van der Waals surface area contributed by atoms with Gasteiger partial charge in [0.15, 0.2) is 5.76 Å². The first-order valence-electron chi connectivity index (χ1n) is 6.32. The van der Waals surface area contributed by atoms with Crippen LogP contribution in [0, 0.1) is 0 Å². The maximum Gasteiger partial charge on any atom is 0.287 e. The zero-order chi connectivity index (χ0) is 13.7. The maximum absolute atomic E-state index is 11.7. The molecule has 0 bridgehead atoms. The Hall–Kier alpha value is -1.86. The summed E-state index contributed by atoms with van der Waals surface area (Å²) in [6.07, 6.45) is 1.42. The van der Waals surface area contributed by atoms with Gasteiger partial charge in [0.2, 0.25) is 0 Å². The molecule has 1 saturated heterocycles. The number of nitrogens with zero attached hydrogens (tertiary/aromatic N) is 1. The lowest BCUT2D eigenvalue weighted by atomic mass is 10.4. The Bertz CT molecular complexity index is 424. The van der Waals surface area contributed by atoms with Crippen molar-refractivity contribution < 1.29 is 18.9 Å². The number of nitrogens with one attached hydrogen (secondary N) is 3. The van der Waals surface area contributed by atoms with Crippen molar-refractivity contribution in [2.75, 3.05) is 39.8 Å². The topological polar surface area (TPSA) is 79.0 Å². The Labute approximate surface area is 111 Å². The average Bonchev–Trinajstić information content (AvgIpc) is 2.93. The van der Waals surface area contributed by atoms with Crippen molar-refractivity contribution in [3.8, 4) is 0 Å². The normalized spacial score (nSPS) is 17.1. The zero-order valence-corrected chi connectivity index (χ0v) is 10.9. The van der Waals surface area contributed by atoms with Gasteiger partial charge in [-0.1, -0.05) is 0 Å². The summed E-state index contributed by atoms with van der Waals surface area (Å²) in [5, 5.41) is 4.39. The van der Waals surface area contributed by atoms with Crippen LogP contribution in [0.1, 0.15) is 10.6 Å². The van der Waals surface area contributed by atoms with Gasteiger partial charge in [0, 0.05) is 0 Å². The first-order chi connectivity index (χ1) is 9.15. The minimum Gasteiger partial charge on any atom is -0.459 e. The molecule has 7 heteroatoms. The SMILES string of the molecule is C[NH+]1CCN(NC(=O)CNC(=O)c2ccco2)CC1. The molecule has 0 aromatic carbocycles. The van der Waals surface area contributed by atoms with Gasteiger partial charge in [-0.2, -0.15) is 0 Å². The molecule has 3 N–H and O–H groups in total. The molecule has 19 heavy (non-hydrogen) atoms. The molecule has 7 nitrogen and oxygen atoms in total. The molecule has 1 aromatic rings. The number of quaternary nitrogens is 1. The molecule has 0 atom stereocenters. The van der Waals surface area contributed by atoms with Crippen LogP contribution in [0.25, 0.3) is 0 Å². The van der Waals surface area contributed by atoms with Crippen LogP contribution in [-0.2, 0) is 4.79 Å². The molecule has 2 rings (SSSR count). The summed E-state index contributed by atoms with van der Waals surface area (Å²) in [5.41, 5.74) is 2.78. The molecule has 0 spiro atoms. The third-order valence-electron chi connectivity index (χ3n) is 3.05. The lowest BCUT2D eigenvalue weighted by Crippen LogP contribution is -3.12. The number of furan rings is 1. The van der Waals surface area contributed by atoms with Crippen molar-refractivity contribution in [1.29, 1.82) is 0 Å². The highest BCUT2D eigenvalue weighted by atomic mass is 16.3. The third-order valence-corrected chi connectivity index (χ3v) is 3.05. The van der Waals surface area contributed by atoms with Crippen molar-refractivity contribution in [3.05, 3.63) is 24.2 Å². The van der Waals surface area contributed by atoms with Crippen molar-refractivity contribution in [3.63, 3.8) is 0 Å². The number of carbonyl (C=O) groups excluding carboxylic acids is 2. The number of carbonyl (C=O) groups is 2. The largest absolute Gasteiger partial charge is 0.459 e. The van der Waals surface area contributed by atoms with Gasteiger partial charge in [-0.15, -0.1) is 0 Å². The number of piperazine rings is 1. The van der Waals surface area contributed by atoms with Crippen molar-refractivity contribution in [1.82, 2.24) is 15.8 Å². The average molecular weight is 267 g/mol. The van der Waals surface area contributed by atoms with Crippen LogP contribution in [0.15, 0.2) is 22.8 Å². The highest BCUT2D eigenvalue weighted by Crippen LogP contribution is 1.98. The number of likely N-dealkylation sites (N-methyl/N-ethyl adjacent to an activating group) is 1. The zero-order valence-electron chi connectivity index (χ0n) is 10.9. The maximum atomic E-state index is 11.7. The molecular formula is C12H19N4O3+. The Balaban J connectivity index is 1.69. The van der Waals surface area contributed by atoms with Crippen LogP contribution in [0.2, 0.25) is 0 Å². The first kappa shape index (κ1) is 13.6. The van der Waals surface area contributed by atoms with E-state index in [-0.39, 0.29) is 24.1 Å². The van der Waals surface area contributed by atoms with Gasteiger partial charge < -0.3 is 14.6 Å². The second-order valence-electron chi connectivity index (χ2n) is 4.64. The second-order valence-corrected chi connectivity index (χ2v) is 4.64. The smallest absolute Gasteiger partial charge is 0.287 e. The fourth-order valence-electron chi connectivity index (χ4n) is 1.87. The van der Waals surface area contributed by atoms with E-state index in [1.165, 1.54) is 11.2 Å². The lowest BCUT2D eigenvalue weighted by molar-refractivity contribution is -0.884. The predicted octanol–water partition coefficient (Wildman–Crippen LogP) is -2.13. The lowest BCUT2D eigenvalue weighted by Gasteiger charge is -2.30. The monoisotopic (exact) mass is 267 g/mol. The first-order valence-corrected chi connectivity index (χ1v) is 6.32. The van der Waals surface area contributed by atoms with E-state index in [1.54, 1.807) is 12.1 Å². The summed E-state index contributed by atoms with van der Waals surface area (Å²) in [6, 6.07) is 3.18. The summed E-state index contributed by atoms with van der Waals surface area (Å²) >= 11 is 0. The Kier molecular flexibility index (Phi) is 4.53. The van der Waals surface area contributed by atoms with Gasteiger partial charge in [-0.3, -0.25) is 15.0 Å². The summed E-state index contributed by atoms with van der Waals surface area (Å²) in [6.45, 7) is 3.59. The molecule has 1 fully saturated rings. The van der Waals surface area contributed by atoms with Crippen LogP contribution in [0.4, 0.5) is 0 Å². The predicted molar refractivity (Wildman–Crippen MR) is 67.4 cm³/mol. The second kappa shape index (κ2) is 6.35. The van der Waals surface area contributed by atoms with E-state index >= 15 is 0 Å². The molecule has 1 aromatic heterocycles. The number of hydrogen-bond acceptors (Lipinski definition) is 4. The highest BCUT2D eigenvalue weighted by Gasteiger charge is 2.18. The summed E-state index contributed by atoms with van der Waals surface area (Å²) in [4.78, 5) is 24.7. The van der Waals surface area contributed by atoms with Gasteiger partial charge in [0.05, 0.1) is 46.0 Å². The van der Waals surface area contributed by atoms with Gasteiger partial charge in [-0.25, -0.2) is 5.01 Å². The van der Waals surface area contributed by atoms with Crippen LogP contribution >= 0.6 is 0 Å². The molecule has 0 saturated carbocycles. The van der Waals surface area contributed by atoms with E-state index in [0.29, 0.717) is 0 Å². The van der Waals surface area contributed by atoms with E-state index in [2.05, 4.69) is 17.8 Å². The molecule has 0 aliphatic carbocycles. The molecular weight excluding hydrogens is 248 g/mol. The number of hydrazine groups is 1. The molecule has 0 radical (unpaired) electrons. The van der Waals surface area contributed by atoms with Crippen LogP contribution in [0.5, 0.6) is 0 Å².